The van der Waals surface area contributed by atoms with E-state index in [0.717, 1.165) is 0 Å². The molecule has 1 aromatic rings. The minimum atomic E-state index is -1.27. The maximum absolute atomic E-state index is 11.6. The normalized spacial score (nSPS) is 10.3. The number of anilines is 1. The van der Waals surface area contributed by atoms with Crippen LogP contribution in [0.15, 0.2) is 24.3 Å². The highest BCUT2D eigenvalue weighted by atomic mass is 16.4. The fourth-order valence-corrected chi connectivity index (χ4v) is 1.49. The lowest BCUT2D eigenvalue weighted by atomic mass is 9.89. The van der Waals surface area contributed by atoms with Crippen LogP contribution in [0.4, 0.5) is 10.5 Å². The van der Waals surface area contributed by atoms with Gasteiger partial charge in [-0.2, -0.15) is 5.26 Å². The molecule has 0 aliphatic heterocycles. The number of hydrogen-bond donors (Lipinski definition) is 3. The van der Waals surface area contributed by atoms with Crippen LogP contribution in [0.25, 0.3) is 0 Å². The number of benzene rings is 1. The molecule has 0 aromatic heterocycles. The van der Waals surface area contributed by atoms with Gasteiger partial charge in [0.15, 0.2) is 0 Å². The summed E-state index contributed by atoms with van der Waals surface area (Å²) in [6, 6.07) is 7.39. The highest BCUT2D eigenvalue weighted by Crippen LogP contribution is 2.20. The lowest BCUT2D eigenvalue weighted by Gasteiger charge is -2.17. The van der Waals surface area contributed by atoms with Crippen molar-refractivity contribution in [1.29, 1.82) is 5.26 Å². The molecule has 0 radical (unpaired) electrons. The Morgan fingerprint density at radius 3 is 2.48 bits per heavy atom. The molecular weight excluding hydrogens is 274 g/mol. The van der Waals surface area contributed by atoms with Crippen molar-refractivity contribution in [3.63, 3.8) is 0 Å². The largest absolute Gasteiger partial charge is 0.481 e. The van der Waals surface area contributed by atoms with Gasteiger partial charge in [0.05, 0.1) is 16.7 Å². The fourth-order valence-electron chi connectivity index (χ4n) is 1.49. The van der Waals surface area contributed by atoms with Crippen molar-refractivity contribution in [2.75, 3.05) is 5.32 Å². The second kappa shape index (κ2) is 6.52. The lowest BCUT2D eigenvalue weighted by Crippen LogP contribution is -2.38. The molecule has 3 N–H and O–H groups in total. The van der Waals surface area contributed by atoms with Crippen LogP contribution >= 0.6 is 0 Å². The number of carboxylic acid groups (broad SMARTS) is 1. The van der Waals surface area contributed by atoms with E-state index in [1.807, 2.05) is 11.4 Å². The van der Waals surface area contributed by atoms with Gasteiger partial charge >= 0.3 is 12.0 Å². The zero-order valence-electron chi connectivity index (χ0n) is 11.6. The standard InChI is InChI=1S/C14H15N3O4/c1-14(2,12(19)20)7-11(18)17-13(21)16-10-6-4-3-5-9(10)8-15/h3-6H,7H2,1-2H3,(H,19,20)(H2,16,17,18,21). The Morgan fingerprint density at radius 1 is 1.29 bits per heavy atom. The van der Waals surface area contributed by atoms with E-state index in [0.29, 0.717) is 0 Å². The highest BCUT2D eigenvalue weighted by molar-refractivity contribution is 6.02. The van der Waals surface area contributed by atoms with Crippen LogP contribution in [0.1, 0.15) is 25.8 Å². The number of carbonyl (C=O) groups excluding carboxylic acids is 2. The molecule has 1 rings (SSSR count). The van der Waals surface area contributed by atoms with Crippen molar-refractivity contribution < 1.29 is 19.5 Å². The third-order valence-electron chi connectivity index (χ3n) is 2.73. The zero-order chi connectivity index (χ0) is 16.0. The minimum absolute atomic E-state index is 0.256. The van der Waals surface area contributed by atoms with Crippen LogP contribution < -0.4 is 10.6 Å². The van der Waals surface area contributed by atoms with Gasteiger partial charge in [0, 0.05) is 6.42 Å². The number of para-hydroxylation sites is 1. The molecule has 0 spiro atoms. The first-order valence-corrected chi connectivity index (χ1v) is 6.09. The van der Waals surface area contributed by atoms with Crippen LogP contribution in [-0.2, 0) is 9.59 Å². The number of nitriles is 1. The first kappa shape index (κ1) is 16.2. The van der Waals surface area contributed by atoms with Gasteiger partial charge in [-0.1, -0.05) is 12.1 Å². The van der Waals surface area contributed by atoms with Gasteiger partial charge < -0.3 is 10.4 Å². The van der Waals surface area contributed by atoms with Crippen LogP contribution in [0.3, 0.4) is 0 Å². The maximum Gasteiger partial charge on any atom is 0.325 e. The van der Waals surface area contributed by atoms with Gasteiger partial charge in [-0.15, -0.1) is 0 Å². The number of carboxylic acids is 1. The molecule has 0 saturated carbocycles. The number of rotatable bonds is 4. The molecule has 0 fully saturated rings. The Morgan fingerprint density at radius 2 is 1.90 bits per heavy atom. The Bertz CT molecular complexity index is 617. The average molecular weight is 289 g/mol. The molecule has 0 bridgehead atoms. The third-order valence-corrected chi connectivity index (χ3v) is 2.73. The number of carbonyl (C=O) groups is 3. The number of nitrogens with zero attached hydrogens (tertiary/aromatic N) is 1. The van der Waals surface area contributed by atoms with Crippen LogP contribution in [-0.4, -0.2) is 23.0 Å². The Labute approximate surface area is 121 Å². The van der Waals surface area contributed by atoms with Crippen LogP contribution in [0, 0.1) is 16.7 Å². The molecule has 7 heteroatoms. The number of hydrogen-bond acceptors (Lipinski definition) is 4. The first-order valence-electron chi connectivity index (χ1n) is 6.09. The summed E-state index contributed by atoms with van der Waals surface area (Å²) >= 11 is 0. The average Bonchev–Trinajstić information content (AvgIpc) is 2.38. The summed E-state index contributed by atoms with van der Waals surface area (Å²) in [7, 11) is 0. The maximum atomic E-state index is 11.6. The van der Waals surface area contributed by atoms with Crippen molar-refractivity contribution >= 4 is 23.6 Å². The second-order valence-electron chi connectivity index (χ2n) is 5.03. The highest BCUT2D eigenvalue weighted by Gasteiger charge is 2.30. The van der Waals surface area contributed by atoms with E-state index in [9.17, 15) is 14.4 Å². The summed E-state index contributed by atoms with van der Waals surface area (Å²) in [6.07, 6.45) is -0.338. The quantitative estimate of drug-likeness (QED) is 0.779. The van der Waals surface area contributed by atoms with Crippen molar-refractivity contribution in [3.8, 4) is 6.07 Å². The Hall–Kier alpha value is -2.88. The van der Waals surface area contributed by atoms with E-state index < -0.39 is 23.3 Å². The van der Waals surface area contributed by atoms with Crippen LogP contribution in [0.5, 0.6) is 0 Å². The van der Waals surface area contributed by atoms with Crippen molar-refractivity contribution in [2.24, 2.45) is 5.41 Å². The smallest absolute Gasteiger partial charge is 0.325 e. The van der Waals surface area contributed by atoms with Gasteiger partial charge in [-0.3, -0.25) is 14.9 Å². The van der Waals surface area contributed by atoms with Gasteiger partial charge in [-0.05, 0) is 26.0 Å². The van der Waals surface area contributed by atoms with E-state index in [1.165, 1.54) is 26.0 Å². The Balaban J connectivity index is 2.64. The summed E-state index contributed by atoms with van der Waals surface area (Å²) in [5.41, 5.74) is -0.747. The number of amides is 3. The predicted octanol–water partition coefficient (Wildman–Crippen LogP) is 1.71. The number of urea groups is 1. The van der Waals surface area contributed by atoms with E-state index in [2.05, 4.69) is 5.32 Å². The van der Waals surface area contributed by atoms with E-state index in [4.69, 9.17) is 10.4 Å². The molecular formula is C14H15N3O4. The Kier molecular flexibility index (Phi) is 5.02. The molecule has 0 aliphatic carbocycles. The van der Waals surface area contributed by atoms with E-state index in [-0.39, 0.29) is 17.7 Å². The molecule has 0 aliphatic rings. The molecule has 7 nitrogen and oxygen atoms in total. The minimum Gasteiger partial charge on any atom is -0.481 e. The molecule has 21 heavy (non-hydrogen) atoms. The SMILES string of the molecule is CC(C)(CC(=O)NC(=O)Nc1ccccc1C#N)C(=O)O. The van der Waals surface area contributed by atoms with Crippen molar-refractivity contribution in [3.05, 3.63) is 29.8 Å². The van der Waals surface area contributed by atoms with Crippen molar-refractivity contribution in [2.45, 2.75) is 20.3 Å². The van der Waals surface area contributed by atoms with E-state index >= 15 is 0 Å². The summed E-state index contributed by atoms with van der Waals surface area (Å²) in [5, 5.41) is 22.2. The summed E-state index contributed by atoms with van der Waals surface area (Å²) in [5.74, 6) is -1.85. The molecule has 3 amide bonds. The lowest BCUT2D eigenvalue weighted by molar-refractivity contribution is -0.149. The van der Waals surface area contributed by atoms with Crippen LogP contribution in [0.2, 0.25) is 0 Å². The van der Waals surface area contributed by atoms with Gasteiger partial charge in [0.1, 0.15) is 6.07 Å². The molecule has 0 atom stereocenters. The number of nitrogens with one attached hydrogen (secondary N) is 2. The molecule has 110 valence electrons. The van der Waals surface area contributed by atoms with Gasteiger partial charge in [0.2, 0.25) is 5.91 Å². The summed E-state index contributed by atoms with van der Waals surface area (Å²) < 4.78 is 0. The van der Waals surface area contributed by atoms with Gasteiger partial charge in [0.25, 0.3) is 0 Å². The molecule has 0 heterocycles. The number of imide groups is 1. The fraction of sp³-hybridized carbons (Fsp3) is 0.286. The molecule has 1 aromatic carbocycles. The second-order valence-corrected chi connectivity index (χ2v) is 5.03. The number of aliphatic carboxylic acids is 1. The van der Waals surface area contributed by atoms with Gasteiger partial charge in [-0.25, -0.2) is 4.79 Å². The first-order chi connectivity index (χ1) is 9.76. The third kappa shape index (κ3) is 4.62. The van der Waals surface area contributed by atoms with Crippen molar-refractivity contribution in [1.82, 2.24) is 5.32 Å². The summed E-state index contributed by atoms with van der Waals surface area (Å²) in [4.78, 5) is 34.2. The topological polar surface area (TPSA) is 119 Å². The monoisotopic (exact) mass is 289 g/mol. The molecule has 0 unspecified atom stereocenters. The predicted molar refractivity (Wildman–Crippen MR) is 74.4 cm³/mol. The zero-order valence-corrected chi connectivity index (χ0v) is 11.6. The summed E-state index contributed by atoms with van der Waals surface area (Å²) in [6.45, 7) is 2.77. The van der Waals surface area contributed by atoms with E-state index in [1.54, 1.807) is 12.1 Å². The molecule has 0 saturated heterocycles.